The SMILES string of the molecule is CCN1CCC[C@@H]1CNC(=O)CCC1CCN(c2ncccc2Cl)CC1. The van der Waals surface area contributed by atoms with Gasteiger partial charge < -0.3 is 10.2 Å². The Morgan fingerprint density at radius 3 is 2.85 bits per heavy atom. The molecule has 0 saturated carbocycles. The van der Waals surface area contributed by atoms with Crippen molar-refractivity contribution < 1.29 is 4.79 Å². The van der Waals surface area contributed by atoms with Crippen LogP contribution in [0.3, 0.4) is 0 Å². The van der Waals surface area contributed by atoms with Crippen LogP contribution < -0.4 is 10.2 Å². The average molecular weight is 379 g/mol. The van der Waals surface area contributed by atoms with Gasteiger partial charge in [-0.05, 0) is 63.2 Å². The minimum Gasteiger partial charge on any atom is -0.355 e. The normalized spacial score (nSPS) is 21.9. The van der Waals surface area contributed by atoms with Crippen molar-refractivity contribution in [3.05, 3.63) is 23.4 Å². The molecule has 1 amide bonds. The van der Waals surface area contributed by atoms with E-state index in [1.54, 1.807) is 6.20 Å². The van der Waals surface area contributed by atoms with Gasteiger partial charge in [-0.15, -0.1) is 0 Å². The van der Waals surface area contributed by atoms with E-state index in [0.29, 0.717) is 18.4 Å². The summed E-state index contributed by atoms with van der Waals surface area (Å²) in [4.78, 5) is 21.3. The Morgan fingerprint density at radius 1 is 1.31 bits per heavy atom. The Hall–Kier alpha value is -1.33. The smallest absolute Gasteiger partial charge is 0.220 e. The van der Waals surface area contributed by atoms with Crippen molar-refractivity contribution in [3.8, 4) is 0 Å². The fraction of sp³-hybridized carbons (Fsp3) is 0.700. The molecular formula is C20H31ClN4O. The number of hydrogen-bond donors (Lipinski definition) is 1. The zero-order valence-electron chi connectivity index (χ0n) is 15.8. The summed E-state index contributed by atoms with van der Waals surface area (Å²) < 4.78 is 0. The molecule has 2 saturated heterocycles. The number of piperidine rings is 1. The van der Waals surface area contributed by atoms with Crippen molar-refractivity contribution in [1.82, 2.24) is 15.2 Å². The number of carbonyl (C=O) groups excluding carboxylic acids is 1. The third-order valence-corrected chi connectivity index (χ3v) is 6.17. The molecule has 2 fully saturated rings. The van der Waals surface area contributed by atoms with Crippen LogP contribution >= 0.6 is 11.6 Å². The van der Waals surface area contributed by atoms with Crippen molar-refractivity contribution in [2.75, 3.05) is 37.6 Å². The molecule has 1 N–H and O–H groups in total. The van der Waals surface area contributed by atoms with Gasteiger partial charge in [-0.2, -0.15) is 0 Å². The highest BCUT2D eigenvalue weighted by Crippen LogP contribution is 2.29. The second kappa shape index (κ2) is 9.56. The van der Waals surface area contributed by atoms with Crippen LogP contribution in [0.15, 0.2) is 18.3 Å². The molecule has 26 heavy (non-hydrogen) atoms. The number of amides is 1. The second-order valence-corrected chi connectivity index (χ2v) is 7.91. The fourth-order valence-electron chi connectivity index (χ4n) is 4.24. The minimum atomic E-state index is 0.211. The maximum Gasteiger partial charge on any atom is 0.220 e. The lowest BCUT2D eigenvalue weighted by Gasteiger charge is -2.33. The number of nitrogens with zero attached hydrogens (tertiary/aromatic N) is 3. The van der Waals surface area contributed by atoms with E-state index >= 15 is 0 Å². The second-order valence-electron chi connectivity index (χ2n) is 7.51. The first-order valence-corrected chi connectivity index (χ1v) is 10.4. The molecule has 0 spiro atoms. The molecule has 3 heterocycles. The number of likely N-dealkylation sites (tertiary alicyclic amines) is 1. The van der Waals surface area contributed by atoms with E-state index in [0.717, 1.165) is 56.3 Å². The summed E-state index contributed by atoms with van der Waals surface area (Å²) in [7, 11) is 0. The summed E-state index contributed by atoms with van der Waals surface area (Å²) in [6.45, 7) is 7.20. The number of nitrogens with one attached hydrogen (secondary N) is 1. The van der Waals surface area contributed by atoms with Crippen molar-refractivity contribution >= 4 is 23.3 Å². The standard InChI is InChI=1S/C20H31ClN4O/c1-2-24-12-4-5-17(24)15-23-19(26)8-7-16-9-13-25(14-10-16)20-18(21)6-3-11-22-20/h3,6,11,16-17H,2,4-5,7-10,12-15H2,1H3,(H,23,26)/t17-/m1/s1. The Balaban J connectivity index is 1.34. The predicted molar refractivity (Wildman–Crippen MR) is 107 cm³/mol. The van der Waals surface area contributed by atoms with E-state index in [2.05, 4.69) is 27.0 Å². The van der Waals surface area contributed by atoms with Crippen LogP contribution in [0.5, 0.6) is 0 Å². The minimum absolute atomic E-state index is 0.211. The van der Waals surface area contributed by atoms with Crippen LogP contribution in [0.25, 0.3) is 0 Å². The van der Waals surface area contributed by atoms with E-state index < -0.39 is 0 Å². The van der Waals surface area contributed by atoms with Crippen LogP contribution in [-0.4, -0.2) is 54.6 Å². The molecule has 0 unspecified atom stereocenters. The molecular weight excluding hydrogens is 348 g/mol. The molecule has 2 aliphatic rings. The molecule has 144 valence electrons. The summed E-state index contributed by atoms with van der Waals surface area (Å²) >= 11 is 6.25. The van der Waals surface area contributed by atoms with Gasteiger partial charge in [-0.1, -0.05) is 18.5 Å². The molecule has 3 rings (SSSR count). The molecule has 2 aliphatic heterocycles. The highest BCUT2D eigenvalue weighted by atomic mass is 35.5. The van der Waals surface area contributed by atoms with Gasteiger partial charge in [0.1, 0.15) is 5.82 Å². The third kappa shape index (κ3) is 5.10. The average Bonchev–Trinajstić information content (AvgIpc) is 3.13. The summed E-state index contributed by atoms with van der Waals surface area (Å²) in [5, 5.41) is 3.87. The van der Waals surface area contributed by atoms with Gasteiger partial charge in [-0.3, -0.25) is 9.69 Å². The predicted octanol–water partition coefficient (Wildman–Crippen LogP) is 3.33. The van der Waals surface area contributed by atoms with Crippen molar-refractivity contribution in [2.45, 2.75) is 51.5 Å². The highest BCUT2D eigenvalue weighted by molar-refractivity contribution is 6.32. The topological polar surface area (TPSA) is 48.5 Å². The van der Waals surface area contributed by atoms with Gasteiger partial charge in [0.2, 0.25) is 5.91 Å². The van der Waals surface area contributed by atoms with E-state index in [9.17, 15) is 4.79 Å². The number of likely N-dealkylation sites (N-methyl/N-ethyl adjacent to an activating group) is 1. The van der Waals surface area contributed by atoms with Crippen LogP contribution in [0.4, 0.5) is 5.82 Å². The molecule has 1 aromatic rings. The lowest BCUT2D eigenvalue weighted by Crippen LogP contribution is -2.40. The first-order chi connectivity index (χ1) is 12.7. The molecule has 0 aliphatic carbocycles. The summed E-state index contributed by atoms with van der Waals surface area (Å²) in [5.41, 5.74) is 0. The van der Waals surface area contributed by atoms with Gasteiger partial charge >= 0.3 is 0 Å². The maximum atomic E-state index is 12.2. The molecule has 1 aromatic heterocycles. The number of rotatable bonds is 7. The molecule has 1 atom stereocenters. The van der Waals surface area contributed by atoms with Crippen LogP contribution in [-0.2, 0) is 4.79 Å². The Bertz CT molecular complexity index is 589. The van der Waals surface area contributed by atoms with Gasteiger partial charge in [0.05, 0.1) is 5.02 Å². The largest absolute Gasteiger partial charge is 0.355 e. The first kappa shape index (κ1) is 19.4. The van der Waals surface area contributed by atoms with Gasteiger partial charge in [0, 0.05) is 38.3 Å². The summed E-state index contributed by atoms with van der Waals surface area (Å²) in [6, 6.07) is 4.29. The maximum absolute atomic E-state index is 12.2. The zero-order valence-corrected chi connectivity index (χ0v) is 16.5. The number of hydrogen-bond acceptors (Lipinski definition) is 4. The third-order valence-electron chi connectivity index (χ3n) is 5.87. The molecule has 6 heteroatoms. The molecule has 0 bridgehead atoms. The van der Waals surface area contributed by atoms with E-state index in [1.165, 1.54) is 19.4 Å². The van der Waals surface area contributed by atoms with Gasteiger partial charge in [-0.25, -0.2) is 4.98 Å². The van der Waals surface area contributed by atoms with Gasteiger partial charge in [0.25, 0.3) is 0 Å². The number of carbonyl (C=O) groups is 1. The van der Waals surface area contributed by atoms with Crippen molar-refractivity contribution in [3.63, 3.8) is 0 Å². The van der Waals surface area contributed by atoms with E-state index in [1.807, 2.05) is 12.1 Å². The first-order valence-electron chi connectivity index (χ1n) is 10.0. The lowest BCUT2D eigenvalue weighted by atomic mass is 9.92. The Kier molecular flexibility index (Phi) is 7.15. The van der Waals surface area contributed by atoms with Crippen molar-refractivity contribution in [2.24, 2.45) is 5.92 Å². The fourth-order valence-corrected chi connectivity index (χ4v) is 4.48. The van der Waals surface area contributed by atoms with Crippen LogP contribution in [0, 0.1) is 5.92 Å². The monoisotopic (exact) mass is 378 g/mol. The lowest BCUT2D eigenvalue weighted by molar-refractivity contribution is -0.121. The van der Waals surface area contributed by atoms with E-state index in [-0.39, 0.29) is 5.91 Å². The van der Waals surface area contributed by atoms with Gasteiger partial charge in [0.15, 0.2) is 0 Å². The summed E-state index contributed by atoms with van der Waals surface area (Å²) in [6.07, 6.45) is 8.10. The number of halogens is 1. The van der Waals surface area contributed by atoms with E-state index in [4.69, 9.17) is 11.6 Å². The number of anilines is 1. The van der Waals surface area contributed by atoms with Crippen LogP contribution in [0.2, 0.25) is 5.02 Å². The van der Waals surface area contributed by atoms with Crippen LogP contribution in [0.1, 0.15) is 45.4 Å². The number of aromatic nitrogens is 1. The molecule has 0 aromatic carbocycles. The molecule has 5 nitrogen and oxygen atoms in total. The number of pyridine rings is 1. The zero-order chi connectivity index (χ0) is 18.4. The summed E-state index contributed by atoms with van der Waals surface area (Å²) in [5.74, 6) is 1.73. The Morgan fingerprint density at radius 2 is 2.12 bits per heavy atom. The molecule has 0 radical (unpaired) electrons. The Labute approximate surface area is 162 Å². The van der Waals surface area contributed by atoms with Crippen molar-refractivity contribution in [1.29, 1.82) is 0 Å². The quantitative estimate of drug-likeness (QED) is 0.790. The highest BCUT2D eigenvalue weighted by Gasteiger charge is 2.24.